The first-order valence-electron chi connectivity index (χ1n) is 5.21. The van der Waals surface area contributed by atoms with E-state index in [1.54, 1.807) is 0 Å². The number of rotatable bonds is 2. The molecule has 1 aliphatic heterocycles. The van der Waals surface area contributed by atoms with Crippen molar-refractivity contribution in [3.63, 3.8) is 0 Å². The molecule has 76 valence electrons. The Morgan fingerprint density at radius 2 is 2.07 bits per heavy atom. The van der Waals surface area contributed by atoms with Gasteiger partial charge in [-0.3, -0.25) is 0 Å². The molecule has 1 aromatic rings. The largest absolute Gasteiger partial charge is 0.376 e. The fourth-order valence-corrected chi connectivity index (χ4v) is 1.89. The smallest absolute Gasteiger partial charge is 0.0768 e. The van der Waals surface area contributed by atoms with Crippen molar-refractivity contribution in [1.82, 2.24) is 0 Å². The highest BCUT2D eigenvalue weighted by Gasteiger charge is 2.23. The molecule has 0 spiro atoms. The summed E-state index contributed by atoms with van der Waals surface area (Å²) in [5.74, 6) is 0. The second-order valence-corrected chi connectivity index (χ2v) is 3.99. The van der Waals surface area contributed by atoms with E-state index in [2.05, 4.69) is 31.2 Å². The molecule has 1 saturated heterocycles. The van der Waals surface area contributed by atoms with Gasteiger partial charge in [0.25, 0.3) is 0 Å². The van der Waals surface area contributed by atoms with Crippen molar-refractivity contribution < 1.29 is 4.74 Å². The predicted octanol–water partition coefficient (Wildman–Crippen LogP) is 2.17. The van der Waals surface area contributed by atoms with Crippen LogP contribution in [0.25, 0.3) is 0 Å². The van der Waals surface area contributed by atoms with Crippen LogP contribution in [0.3, 0.4) is 0 Å². The average molecular weight is 191 g/mol. The molecule has 2 rings (SSSR count). The number of ether oxygens (including phenoxy) is 1. The molecule has 2 nitrogen and oxygen atoms in total. The molecule has 1 fully saturated rings. The van der Waals surface area contributed by atoms with Crippen molar-refractivity contribution in [3.05, 3.63) is 35.4 Å². The van der Waals surface area contributed by atoms with Gasteiger partial charge in [0.15, 0.2) is 0 Å². The Morgan fingerprint density at radius 1 is 1.36 bits per heavy atom. The fraction of sp³-hybridized carbons (Fsp3) is 0.500. The molecule has 1 aromatic carbocycles. The minimum absolute atomic E-state index is 0.0399. The molecule has 0 aromatic heterocycles. The fourth-order valence-electron chi connectivity index (χ4n) is 1.89. The van der Waals surface area contributed by atoms with E-state index in [0.29, 0.717) is 0 Å². The number of hydrogen-bond acceptors (Lipinski definition) is 2. The van der Waals surface area contributed by atoms with E-state index in [4.69, 9.17) is 10.5 Å². The molecule has 0 amide bonds. The van der Waals surface area contributed by atoms with Gasteiger partial charge in [-0.25, -0.2) is 0 Å². The predicted molar refractivity (Wildman–Crippen MR) is 57.1 cm³/mol. The van der Waals surface area contributed by atoms with Gasteiger partial charge in [-0.05, 0) is 25.3 Å². The van der Waals surface area contributed by atoms with Crippen LogP contribution in [0.5, 0.6) is 0 Å². The van der Waals surface area contributed by atoms with E-state index in [0.717, 1.165) is 19.4 Å². The summed E-state index contributed by atoms with van der Waals surface area (Å²) in [6, 6.07) is 8.44. The van der Waals surface area contributed by atoms with Crippen LogP contribution in [0.1, 0.15) is 30.0 Å². The average Bonchev–Trinajstić information content (AvgIpc) is 2.71. The van der Waals surface area contributed by atoms with Crippen LogP contribution in [0, 0.1) is 6.92 Å². The first kappa shape index (κ1) is 9.69. The lowest BCUT2D eigenvalue weighted by molar-refractivity contribution is 0.0900. The van der Waals surface area contributed by atoms with Crippen LogP contribution < -0.4 is 5.73 Å². The molecule has 2 N–H and O–H groups in total. The number of nitrogens with two attached hydrogens (primary N) is 1. The van der Waals surface area contributed by atoms with Gasteiger partial charge in [0.1, 0.15) is 0 Å². The lowest BCUT2D eigenvalue weighted by Crippen LogP contribution is -2.25. The van der Waals surface area contributed by atoms with Crippen molar-refractivity contribution in [2.75, 3.05) is 6.61 Å². The number of hydrogen-bond donors (Lipinski definition) is 1. The molecule has 2 heteroatoms. The summed E-state index contributed by atoms with van der Waals surface area (Å²) in [7, 11) is 0. The first-order chi connectivity index (χ1) is 6.77. The van der Waals surface area contributed by atoms with Crippen molar-refractivity contribution in [1.29, 1.82) is 0 Å². The van der Waals surface area contributed by atoms with Crippen molar-refractivity contribution in [2.45, 2.75) is 31.9 Å². The monoisotopic (exact) mass is 191 g/mol. The summed E-state index contributed by atoms with van der Waals surface area (Å²) in [5, 5.41) is 0. The Balaban J connectivity index is 2.09. The topological polar surface area (TPSA) is 35.2 Å². The highest BCUT2D eigenvalue weighted by atomic mass is 16.5. The Morgan fingerprint density at radius 3 is 2.64 bits per heavy atom. The van der Waals surface area contributed by atoms with Crippen LogP contribution in [0.15, 0.2) is 24.3 Å². The lowest BCUT2D eigenvalue weighted by Gasteiger charge is -2.18. The molecular weight excluding hydrogens is 174 g/mol. The molecule has 0 aliphatic carbocycles. The first-order valence-corrected chi connectivity index (χ1v) is 5.21. The van der Waals surface area contributed by atoms with Crippen LogP contribution in [-0.2, 0) is 4.74 Å². The van der Waals surface area contributed by atoms with E-state index < -0.39 is 0 Å². The minimum Gasteiger partial charge on any atom is -0.376 e. The second kappa shape index (κ2) is 4.11. The van der Waals surface area contributed by atoms with Crippen LogP contribution in [0.4, 0.5) is 0 Å². The Labute approximate surface area is 85.1 Å². The minimum atomic E-state index is 0.0399. The quantitative estimate of drug-likeness (QED) is 0.777. The zero-order valence-corrected chi connectivity index (χ0v) is 8.57. The summed E-state index contributed by atoms with van der Waals surface area (Å²) >= 11 is 0. The molecule has 2 unspecified atom stereocenters. The summed E-state index contributed by atoms with van der Waals surface area (Å²) in [6.45, 7) is 2.95. The van der Waals surface area contributed by atoms with Crippen molar-refractivity contribution in [2.24, 2.45) is 5.73 Å². The highest BCUT2D eigenvalue weighted by molar-refractivity contribution is 5.24. The molecule has 2 atom stereocenters. The summed E-state index contributed by atoms with van der Waals surface area (Å²) in [6.07, 6.45) is 2.46. The third-order valence-corrected chi connectivity index (χ3v) is 2.83. The van der Waals surface area contributed by atoms with Gasteiger partial charge < -0.3 is 10.5 Å². The lowest BCUT2D eigenvalue weighted by atomic mass is 9.99. The van der Waals surface area contributed by atoms with Crippen LogP contribution in [-0.4, -0.2) is 12.7 Å². The second-order valence-electron chi connectivity index (χ2n) is 3.99. The normalized spacial score (nSPS) is 23.7. The van der Waals surface area contributed by atoms with E-state index in [1.807, 2.05) is 0 Å². The van der Waals surface area contributed by atoms with Gasteiger partial charge in [0.05, 0.1) is 12.1 Å². The number of aryl methyl sites for hydroxylation is 1. The highest BCUT2D eigenvalue weighted by Crippen LogP contribution is 2.24. The van der Waals surface area contributed by atoms with Gasteiger partial charge in [-0.1, -0.05) is 29.8 Å². The zero-order chi connectivity index (χ0) is 9.97. The third-order valence-electron chi connectivity index (χ3n) is 2.83. The zero-order valence-electron chi connectivity index (χ0n) is 8.57. The number of benzene rings is 1. The standard InChI is InChI=1S/C12H17NO/c1-9-4-6-10(7-5-9)12(13)11-3-2-8-14-11/h4-7,11-12H,2-3,8,13H2,1H3. The molecule has 0 bridgehead atoms. The Kier molecular flexibility index (Phi) is 2.85. The van der Waals surface area contributed by atoms with Gasteiger partial charge in [0.2, 0.25) is 0 Å². The van der Waals surface area contributed by atoms with Gasteiger partial charge >= 0.3 is 0 Å². The maximum Gasteiger partial charge on any atom is 0.0768 e. The summed E-state index contributed by atoms with van der Waals surface area (Å²) in [4.78, 5) is 0. The van der Waals surface area contributed by atoms with E-state index >= 15 is 0 Å². The SMILES string of the molecule is Cc1ccc(C(N)C2CCCO2)cc1. The molecule has 0 saturated carbocycles. The molecule has 0 radical (unpaired) electrons. The maximum absolute atomic E-state index is 6.13. The van der Waals surface area contributed by atoms with E-state index in [1.165, 1.54) is 11.1 Å². The molecule has 14 heavy (non-hydrogen) atoms. The van der Waals surface area contributed by atoms with E-state index in [-0.39, 0.29) is 12.1 Å². The molecular formula is C12H17NO. The Bertz CT molecular complexity index is 288. The third kappa shape index (κ3) is 1.97. The summed E-state index contributed by atoms with van der Waals surface area (Å²) in [5.41, 5.74) is 8.58. The molecule has 1 aliphatic rings. The van der Waals surface area contributed by atoms with Gasteiger partial charge in [-0.2, -0.15) is 0 Å². The van der Waals surface area contributed by atoms with Crippen LogP contribution >= 0.6 is 0 Å². The van der Waals surface area contributed by atoms with Crippen molar-refractivity contribution in [3.8, 4) is 0 Å². The maximum atomic E-state index is 6.13. The van der Waals surface area contributed by atoms with E-state index in [9.17, 15) is 0 Å². The van der Waals surface area contributed by atoms with Crippen molar-refractivity contribution >= 4 is 0 Å². The van der Waals surface area contributed by atoms with Crippen LogP contribution in [0.2, 0.25) is 0 Å². The molecule has 1 heterocycles. The van der Waals surface area contributed by atoms with Gasteiger partial charge in [0, 0.05) is 6.61 Å². The summed E-state index contributed by atoms with van der Waals surface area (Å²) < 4.78 is 5.57. The Hall–Kier alpha value is -0.860. The van der Waals surface area contributed by atoms with Gasteiger partial charge in [-0.15, -0.1) is 0 Å².